The van der Waals surface area contributed by atoms with Crippen LogP contribution in [0, 0.1) is 11.3 Å². The van der Waals surface area contributed by atoms with E-state index >= 15 is 0 Å². The Kier molecular flexibility index (Phi) is 3.98. The molecule has 0 fully saturated rings. The first-order valence-electron chi connectivity index (χ1n) is 7.97. The van der Waals surface area contributed by atoms with E-state index in [2.05, 4.69) is 86.5 Å². The van der Waals surface area contributed by atoms with E-state index in [-0.39, 0.29) is 0 Å². The Morgan fingerprint density at radius 2 is 1.86 bits per heavy atom. The van der Waals surface area contributed by atoms with E-state index in [4.69, 9.17) is 0 Å². The molecule has 22 heavy (non-hydrogen) atoms. The van der Waals surface area contributed by atoms with E-state index in [0.717, 1.165) is 12.1 Å². The van der Waals surface area contributed by atoms with Crippen molar-refractivity contribution in [2.75, 3.05) is 0 Å². The molecule has 2 aromatic carbocycles. The zero-order valence-corrected chi connectivity index (χ0v) is 13.6. The standard InChI is InChI=1S/C12H9N.C9H14/c1-2-4-10-9(3-1)5-6-12-11(10)7-8-13-12;1-8-6-4-5-7-9(8,2)3/h1-6,8H,7H2;4-8H,1-3H3. The van der Waals surface area contributed by atoms with E-state index in [1.165, 1.54) is 16.3 Å². The average Bonchev–Trinajstić information content (AvgIpc) is 3.00. The lowest BCUT2D eigenvalue weighted by Gasteiger charge is -2.27. The van der Waals surface area contributed by atoms with Crippen molar-refractivity contribution in [3.05, 3.63) is 66.3 Å². The van der Waals surface area contributed by atoms with Gasteiger partial charge < -0.3 is 0 Å². The molecule has 112 valence electrons. The highest BCUT2D eigenvalue weighted by Gasteiger charge is 2.21. The van der Waals surface area contributed by atoms with E-state index in [0.29, 0.717) is 11.3 Å². The number of rotatable bonds is 0. The Labute approximate surface area is 133 Å². The number of hydrogen-bond donors (Lipinski definition) is 0. The summed E-state index contributed by atoms with van der Waals surface area (Å²) < 4.78 is 0. The van der Waals surface area contributed by atoms with Crippen molar-refractivity contribution in [1.29, 1.82) is 0 Å². The number of allylic oxidation sites excluding steroid dienone is 4. The number of hydrogen-bond acceptors (Lipinski definition) is 1. The zero-order valence-electron chi connectivity index (χ0n) is 13.6. The Morgan fingerprint density at radius 3 is 2.59 bits per heavy atom. The lowest BCUT2D eigenvalue weighted by Crippen LogP contribution is -2.18. The molecular weight excluding hydrogens is 266 g/mol. The molecule has 4 rings (SSSR count). The van der Waals surface area contributed by atoms with Crippen molar-refractivity contribution in [3.8, 4) is 0 Å². The van der Waals surface area contributed by atoms with Crippen LogP contribution in [0.1, 0.15) is 26.3 Å². The van der Waals surface area contributed by atoms with Gasteiger partial charge in [0.25, 0.3) is 0 Å². The minimum Gasteiger partial charge on any atom is -0.261 e. The Bertz CT molecular complexity index is 763. The lowest BCUT2D eigenvalue weighted by molar-refractivity contribution is 0.364. The van der Waals surface area contributed by atoms with Gasteiger partial charge in [-0.15, -0.1) is 0 Å². The first kappa shape index (κ1) is 14.8. The minimum absolute atomic E-state index is 0.370. The zero-order chi connectivity index (χ0) is 15.6. The van der Waals surface area contributed by atoms with Crippen LogP contribution in [0.2, 0.25) is 0 Å². The van der Waals surface area contributed by atoms with Crippen LogP contribution in [0.5, 0.6) is 0 Å². The summed E-state index contributed by atoms with van der Waals surface area (Å²) in [6, 6.07) is 12.7. The molecule has 0 amide bonds. The lowest BCUT2D eigenvalue weighted by atomic mass is 9.77. The molecule has 1 unspecified atom stereocenters. The summed E-state index contributed by atoms with van der Waals surface area (Å²) in [6.07, 6.45) is 11.7. The van der Waals surface area contributed by atoms with Crippen molar-refractivity contribution in [1.82, 2.24) is 0 Å². The summed E-state index contributed by atoms with van der Waals surface area (Å²) in [7, 11) is 0. The second-order valence-corrected chi connectivity index (χ2v) is 6.65. The van der Waals surface area contributed by atoms with Gasteiger partial charge in [-0.3, -0.25) is 4.99 Å². The van der Waals surface area contributed by atoms with Gasteiger partial charge in [-0.25, -0.2) is 0 Å². The van der Waals surface area contributed by atoms with E-state index in [1.54, 1.807) is 0 Å². The molecule has 1 aliphatic carbocycles. The minimum atomic E-state index is 0.370. The predicted octanol–water partition coefficient (Wildman–Crippen LogP) is 5.87. The predicted molar refractivity (Wildman–Crippen MR) is 97.0 cm³/mol. The van der Waals surface area contributed by atoms with Crippen LogP contribution in [-0.2, 0) is 6.42 Å². The fourth-order valence-electron chi connectivity index (χ4n) is 2.83. The Morgan fingerprint density at radius 1 is 1.05 bits per heavy atom. The van der Waals surface area contributed by atoms with E-state index < -0.39 is 0 Å². The van der Waals surface area contributed by atoms with Gasteiger partial charge in [-0.2, -0.15) is 0 Å². The van der Waals surface area contributed by atoms with Gasteiger partial charge in [0.05, 0.1) is 5.69 Å². The highest BCUT2D eigenvalue weighted by molar-refractivity contribution is 5.94. The third-order valence-electron chi connectivity index (χ3n) is 4.75. The topological polar surface area (TPSA) is 12.4 Å². The number of aliphatic imine (C=N–C) groups is 1. The molecule has 0 bridgehead atoms. The summed E-state index contributed by atoms with van der Waals surface area (Å²) in [5, 5.41) is 2.66. The first-order valence-corrected chi connectivity index (χ1v) is 7.97. The van der Waals surface area contributed by atoms with Crippen LogP contribution in [0.25, 0.3) is 10.8 Å². The van der Waals surface area contributed by atoms with Gasteiger partial charge in [0, 0.05) is 12.6 Å². The molecule has 0 spiro atoms. The fraction of sp³-hybridized carbons (Fsp3) is 0.286. The van der Waals surface area contributed by atoms with Crippen LogP contribution >= 0.6 is 0 Å². The molecule has 1 aliphatic heterocycles. The van der Waals surface area contributed by atoms with Gasteiger partial charge in [0.2, 0.25) is 0 Å². The van der Waals surface area contributed by atoms with Crippen molar-refractivity contribution < 1.29 is 0 Å². The van der Waals surface area contributed by atoms with Crippen molar-refractivity contribution in [2.24, 2.45) is 16.3 Å². The largest absolute Gasteiger partial charge is 0.261 e. The monoisotopic (exact) mass is 289 g/mol. The SMILES string of the molecule is C1=Nc2ccc3ccccc3c2C1.CC1C=CC=CC1(C)C. The third-order valence-corrected chi connectivity index (χ3v) is 4.75. The second-order valence-electron chi connectivity index (χ2n) is 6.65. The summed E-state index contributed by atoms with van der Waals surface area (Å²) in [6.45, 7) is 6.77. The van der Waals surface area contributed by atoms with Gasteiger partial charge in [0.15, 0.2) is 0 Å². The summed E-state index contributed by atoms with van der Waals surface area (Å²) in [4.78, 5) is 4.32. The molecule has 1 atom stereocenters. The van der Waals surface area contributed by atoms with Crippen molar-refractivity contribution in [2.45, 2.75) is 27.2 Å². The van der Waals surface area contributed by atoms with Gasteiger partial charge in [-0.1, -0.05) is 75.4 Å². The Hall–Kier alpha value is -2.15. The molecule has 2 aromatic rings. The fourth-order valence-corrected chi connectivity index (χ4v) is 2.83. The van der Waals surface area contributed by atoms with Crippen LogP contribution in [0.15, 0.2) is 65.7 Å². The Balaban J connectivity index is 0.000000142. The highest BCUT2D eigenvalue weighted by atomic mass is 14.7. The number of benzene rings is 2. The van der Waals surface area contributed by atoms with Gasteiger partial charge in [-0.05, 0) is 33.7 Å². The smallest absolute Gasteiger partial charge is 0.0667 e. The second kappa shape index (κ2) is 5.92. The molecule has 1 heteroatoms. The molecule has 0 aromatic heterocycles. The quantitative estimate of drug-likeness (QED) is 0.575. The van der Waals surface area contributed by atoms with Gasteiger partial charge in [0.1, 0.15) is 0 Å². The maximum atomic E-state index is 4.32. The molecule has 2 aliphatic rings. The van der Waals surface area contributed by atoms with Crippen LogP contribution in [0.4, 0.5) is 5.69 Å². The summed E-state index contributed by atoms with van der Waals surface area (Å²) in [5.74, 6) is 0.683. The van der Waals surface area contributed by atoms with Crippen molar-refractivity contribution in [3.63, 3.8) is 0 Å². The van der Waals surface area contributed by atoms with Gasteiger partial charge >= 0.3 is 0 Å². The normalized spacial score (nSPS) is 20.6. The van der Waals surface area contributed by atoms with E-state index in [9.17, 15) is 0 Å². The number of fused-ring (bicyclic) bond motifs is 3. The first-order chi connectivity index (χ1) is 10.6. The summed E-state index contributed by atoms with van der Waals surface area (Å²) >= 11 is 0. The maximum absolute atomic E-state index is 4.32. The highest BCUT2D eigenvalue weighted by Crippen LogP contribution is 2.32. The molecule has 0 saturated heterocycles. The average molecular weight is 289 g/mol. The summed E-state index contributed by atoms with van der Waals surface area (Å²) in [5.41, 5.74) is 2.88. The molecule has 0 saturated carbocycles. The van der Waals surface area contributed by atoms with Crippen LogP contribution < -0.4 is 0 Å². The molecule has 0 radical (unpaired) electrons. The van der Waals surface area contributed by atoms with E-state index in [1.807, 2.05) is 6.21 Å². The van der Waals surface area contributed by atoms with Crippen LogP contribution in [0.3, 0.4) is 0 Å². The third kappa shape index (κ3) is 2.89. The molecule has 1 nitrogen and oxygen atoms in total. The van der Waals surface area contributed by atoms with Crippen LogP contribution in [-0.4, -0.2) is 6.21 Å². The number of nitrogens with zero attached hydrogens (tertiary/aromatic N) is 1. The molecule has 1 heterocycles. The molecule has 0 N–H and O–H groups in total. The van der Waals surface area contributed by atoms with Crippen molar-refractivity contribution >= 4 is 22.7 Å². The molecular formula is C21H23N. The maximum Gasteiger partial charge on any atom is 0.0667 e.